The monoisotopic (exact) mass is 360 g/mol. The number of amides is 1. The lowest BCUT2D eigenvalue weighted by molar-refractivity contribution is -0.132. The van der Waals surface area contributed by atoms with Crippen molar-refractivity contribution < 1.29 is 14.3 Å². The minimum atomic E-state index is -0.116. The first-order valence-corrected chi connectivity index (χ1v) is 8.52. The van der Waals surface area contributed by atoms with Crippen LogP contribution in [0.2, 0.25) is 0 Å². The summed E-state index contributed by atoms with van der Waals surface area (Å²) in [5.41, 5.74) is 1.60. The molecular weight excluding hydrogens is 340 g/mol. The number of nitriles is 1. The summed E-state index contributed by atoms with van der Waals surface area (Å²) in [5.74, 6) is 1.27. The molecule has 3 rings (SSSR count). The normalized spacial score (nSPS) is 10.3. The van der Waals surface area contributed by atoms with E-state index >= 15 is 0 Å². The molecule has 0 bridgehead atoms. The molecule has 0 aliphatic rings. The number of hydrogen-bond acceptors (Lipinski definition) is 4. The van der Waals surface area contributed by atoms with Crippen molar-refractivity contribution in [2.24, 2.45) is 0 Å². The van der Waals surface area contributed by atoms with Gasteiger partial charge in [0.2, 0.25) is 0 Å². The molecule has 0 heterocycles. The summed E-state index contributed by atoms with van der Waals surface area (Å²) in [7, 11) is 3.40. The van der Waals surface area contributed by atoms with Gasteiger partial charge in [-0.3, -0.25) is 4.79 Å². The molecule has 136 valence electrons. The zero-order valence-corrected chi connectivity index (χ0v) is 15.3. The molecular formula is C22H20N2O3. The fraction of sp³-hybridized carbons (Fsp3) is 0.182. The van der Waals surface area contributed by atoms with Crippen LogP contribution in [0.5, 0.6) is 11.5 Å². The van der Waals surface area contributed by atoms with Crippen LogP contribution < -0.4 is 9.47 Å². The summed E-state index contributed by atoms with van der Waals surface area (Å²) in [6.07, 6.45) is 0. The van der Waals surface area contributed by atoms with Gasteiger partial charge in [-0.2, -0.15) is 5.26 Å². The SMILES string of the molecule is COc1ccc2cc(CN(C)C(=O)COc3ccc(C#N)cc3)ccc2c1. The van der Waals surface area contributed by atoms with E-state index in [1.54, 1.807) is 43.3 Å². The molecule has 0 unspecified atom stereocenters. The maximum atomic E-state index is 12.3. The summed E-state index contributed by atoms with van der Waals surface area (Å²) >= 11 is 0. The van der Waals surface area contributed by atoms with Gasteiger partial charge in [-0.25, -0.2) is 0 Å². The standard InChI is InChI=1S/C22H20N2O3/c1-24(22(25)15-27-20-8-4-16(13-23)5-9-20)14-17-3-6-19-12-21(26-2)10-7-18(19)11-17/h3-12H,14-15H2,1-2H3. The van der Waals surface area contributed by atoms with Gasteiger partial charge in [-0.1, -0.05) is 18.2 Å². The minimum absolute atomic E-state index is 0.0484. The lowest BCUT2D eigenvalue weighted by Crippen LogP contribution is -2.30. The van der Waals surface area contributed by atoms with Gasteiger partial charge < -0.3 is 14.4 Å². The number of nitrogens with zero attached hydrogens (tertiary/aromatic N) is 2. The Kier molecular flexibility index (Phi) is 5.58. The average molecular weight is 360 g/mol. The summed E-state index contributed by atoms with van der Waals surface area (Å²) in [6.45, 7) is 0.449. The van der Waals surface area contributed by atoms with E-state index in [4.69, 9.17) is 14.7 Å². The van der Waals surface area contributed by atoms with E-state index < -0.39 is 0 Å². The Balaban J connectivity index is 1.60. The van der Waals surface area contributed by atoms with Gasteiger partial charge in [-0.05, 0) is 58.8 Å². The molecule has 3 aromatic rings. The molecule has 0 fully saturated rings. The highest BCUT2D eigenvalue weighted by Gasteiger charge is 2.11. The number of benzene rings is 3. The lowest BCUT2D eigenvalue weighted by atomic mass is 10.1. The van der Waals surface area contributed by atoms with E-state index in [0.717, 1.165) is 22.1 Å². The first kappa shape index (κ1) is 18.3. The molecule has 1 amide bonds. The van der Waals surface area contributed by atoms with E-state index in [0.29, 0.717) is 17.9 Å². The molecule has 3 aromatic carbocycles. The quantitative estimate of drug-likeness (QED) is 0.671. The van der Waals surface area contributed by atoms with Crippen molar-refractivity contribution in [3.63, 3.8) is 0 Å². The van der Waals surface area contributed by atoms with E-state index in [1.165, 1.54) is 0 Å². The Morgan fingerprint density at radius 2 is 1.67 bits per heavy atom. The zero-order valence-electron chi connectivity index (χ0n) is 15.3. The van der Waals surface area contributed by atoms with Crippen LogP contribution in [0.4, 0.5) is 0 Å². The summed E-state index contributed by atoms with van der Waals surface area (Å²) in [4.78, 5) is 14.0. The summed E-state index contributed by atoms with van der Waals surface area (Å²) in [6, 6.07) is 20.8. The third-order valence-corrected chi connectivity index (χ3v) is 4.30. The van der Waals surface area contributed by atoms with Gasteiger partial charge in [0, 0.05) is 13.6 Å². The van der Waals surface area contributed by atoms with Crippen LogP contribution in [-0.4, -0.2) is 31.6 Å². The molecule has 0 radical (unpaired) electrons. The van der Waals surface area contributed by atoms with E-state index in [-0.39, 0.29) is 12.5 Å². The fourth-order valence-electron chi connectivity index (χ4n) is 2.74. The van der Waals surface area contributed by atoms with Crippen LogP contribution in [0, 0.1) is 11.3 Å². The van der Waals surface area contributed by atoms with Gasteiger partial charge in [0.05, 0.1) is 18.7 Å². The topological polar surface area (TPSA) is 62.6 Å². The smallest absolute Gasteiger partial charge is 0.260 e. The number of likely N-dealkylation sites (N-methyl/N-ethyl adjacent to an activating group) is 1. The highest BCUT2D eigenvalue weighted by atomic mass is 16.5. The molecule has 5 nitrogen and oxygen atoms in total. The number of hydrogen-bond donors (Lipinski definition) is 0. The van der Waals surface area contributed by atoms with Gasteiger partial charge in [0.1, 0.15) is 11.5 Å². The van der Waals surface area contributed by atoms with Crippen LogP contribution in [0.1, 0.15) is 11.1 Å². The highest BCUT2D eigenvalue weighted by molar-refractivity contribution is 5.84. The fourth-order valence-corrected chi connectivity index (χ4v) is 2.74. The van der Waals surface area contributed by atoms with Crippen molar-refractivity contribution in [1.82, 2.24) is 4.90 Å². The third kappa shape index (κ3) is 4.56. The molecule has 0 N–H and O–H groups in total. The van der Waals surface area contributed by atoms with Crippen molar-refractivity contribution >= 4 is 16.7 Å². The Morgan fingerprint density at radius 3 is 2.37 bits per heavy atom. The molecule has 0 aliphatic heterocycles. The Morgan fingerprint density at radius 1 is 1.00 bits per heavy atom. The van der Waals surface area contributed by atoms with E-state index in [2.05, 4.69) is 6.07 Å². The van der Waals surface area contributed by atoms with Gasteiger partial charge in [-0.15, -0.1) is 0 Å². The second-order valence-corrected chi connectivity index (χ2v) is 6.22. The molecule has 0 saturated carbocycles. The van der Waals surface area contributed by atoms with Crippen LogP contribution in [0.25, 0.3) is 10.8 Å². The summed E-state index contributed by atoms with van der Waals surface area (Å²) in [5, 5.41) is 11.0. The van der Waals surface area contributed by atoms with Crippen molar-refractivity contribution in [1.29, 1.82) is 5.26 Å². The number of rotatable bonds is 6. The van der Waals surface area contributed by atoms with Gasteiger partial charge in [0.25, 0.3) is 5.91 Å². The molecule has 0 aliphatic carbocycles. The van der Waals surface area contributed by atoms with Crippen molar-refractivity contribution in [3.8, 4) is 17.6 Å². The van der Waals surface area contributed by atoms with Crippen molar-refractivity contribution in [3.05, 3.63) is 71.8 Å². The van der Waals surface area contributed by atoms with Crippen LogP contribution in [-0.2, 0) is 11.3 Å². The van der Waals surface area contributed by atoms with Crippen molar-refractivity contribution in [2.45, 2.75) is 6.54 Å². The maximum absolute atomic E-state index is 12.3. The Labute approximate surface area is 158 Å². The predicted molar refractivity (Wildman–Crippen MR) is 104 cm³/mol. The van der Waals surface area contributed by atoms with Crippen LogP contribution in [0.3, 0.4) is 0 Å². The number of carbonyl (C=O) groups excluding carboxylic acids is 1. The lowest BCUT2D eigenvalue weighted by Gasteiger charge is -2.18. The molecule has 0 saturated heterocycles. The average Bonchev–Trinajstić information content (AvgIpc) is 2.71. The first-order valence-electron chi connectivity index (χ1n) is 8.52. The largest absolute Gasteiger partial charge is 0.497 e. The predicted octanol–water partition coefficient (Wildman–Crippen LogP) is 3.76. The molecule has 0 aromatic heterocycles. The highest BCUT2D eigenvalue weighted by Crippen LogP contribution is 2.22. The van der Waals surface area contributed by atoms with Crippen molar-refractivity contribution in [2.75, 3.05) is 20.8 Å². The number of carbonyl (C=O) groups is 1. The van der Waals surface area contributed by atoms with E-state index in [1.807, 2.05) is 36.4 Å². The second kappa shape index (κ2) is 8.24. The van der Waals surface area contributed by atoms with Crippen LogP contribution in [0.15, 0.2) is 60.7 Å². The number of methoxy groups -OCH3 is 1. The molecule has 5 heteroatoms. The summed E-state index contributed by atoms with van der Waals surface area (Å²) < 4.78 is 10.7. The Bertz CT molecular complexity index is 991. The van der Waals surface area contributed by atoms with Crippen LogP contribution >= 0.6 is 0 Å². The second-order valence-electron chi connectivity index (χ2n) is 6.22. The minimum Gasteiger partial charge on any atom is -0.497 e. The van der Waals surface area contributed by atoms with Gasteiger partial charge >= 0.3 is 0 Å². The molecule has 0 atom stereocenters. The zero-order chi connectivity index (χ0) is 19.2. The van der Waals surface area contributed by atoms with Gasteiger partial charge in [0.15, 0.2) is 6.61 Å². The van der Waals surface area contributed by atoms with E-state index in [9.17, 15) is 4.79 Å². The molecule has 0 spiro atoms. The first-order chi connectivity index (χ1) is 13.1. The Hall–Kier alpha value is -3.52. The number of ether oxygens (including phenoxy) is 2. The molecule has 27 heavy (non-hydrogen) atoms. The maximum Gasteiger partial charge on any atom is 0.260 e. The third-order valence-electron chi connectivity index (χ3n) is 4.30. The number of fused-ring (bicyclic) bond motifs is 1.